The van der Waals surface area contributed by atoms with Crippen LogP contribution in [0.2, 0.25) is 0 Å². The molecule has 3 aliphatic rings. The highest BCUT2D eigenvalue weighted by atomic mass is 79.9. The van der Waals surface area contributed by atoms with Crippen LogP contribution in [0.15, 0.2) is 18.2 Å². The molecule has 134 valence electrons. The number of hydrogen-bond acceptors (Lipinski definition) is 3. The molecule has 1 unspecified atom stereocenters. The molecule has 3 nitrogen and oxygen atoms in total. The molecule has 2 saturated carbocycles. The van der Waals surface area contributed by atoms with Crippen molar-refractivity contribution in [1.29, 1.82) is 0 Å². The Bertz CT molecular complexity index is 726. The summed E-state index contributed by atoms with van der Waals surface area (Å²) in [4.78, 5) is 23.9. The van der Waals surface area contributed by atoms with Crippen LogP contribution < -0.4 is 4.74 Å². The van der Waals surface area contributed by atoms with Crippen molar-refractivity contribution in [2.24, 2.45) is 17.3 Å². The zero-order valence-electron chi connectivity index (χ0n) is 14.9. The van der Waals surface area contributed by atoms with E-state index in [1.807, 2.05) is 12.1 Å². The van der Waals surface area contributed by atoms with Gasteiger partial charge in [0.15, 0.2) is 0 Å². The van der Waals surface area contributed by atoms with E-state index >= 15 is 0 Å². The smallest absolute Gasteiger partial charge is 0.324 e. The second kappa shape index (κ2) is 6.22. The fourth-order valence-electron chi connectivity index (χ4n) is 5.59. The number of halogens is 1. The van der Waals surface area contributed by atoms with Crippen LogP contribution in [0.1, 0.15) is 63.0 Å². The minimum absolute atomic E-state index is 0.0693. The van der Waals surface area contributed by atoms with Gasteiger partial charge in [-0.15, -0.1) is 0 Å². The maximum atomic E-state index is 12.4. The molecule has 3 aliphatic carbocycles. The van der Waals surface area contributed by atoms with Gasteiger partial charge >= 0.3 is 5.97 Å². The molecule has 5 atom stereocenters. The highest BCUT2D eigenvalue weighted by molar-refractivity contribution is 9.10. The maximum Gasteiger partial charge on any atom is 0.324 e. The molecule has 1 aromatic carbocycles. The van der Waals surface area contributed by atoms with Crippen LogP contribution in [0.4, 0.5) is 0 Å². The van der Waals surface area contributed by atoms with E-state index in [-0.39, 0.29) is 16.2 Å². The van der Waals surface area contributed by atoms with Crippen LogP contribution in [0.3, 0.4) is 0 Å². The van der Waals surface area contributed by atoms with E-state index in [2.05, 4.69) is 28.9 Å². The molecule has 0 amide bonds. The average molecular weight is 405 g/mol. The largest absolute Gasteiger partial charge is 0.426 e. The lowest BCUT2D eigenvalue weighted by Gasteiger charge is -2.48. The minimum atomic E-state index is -0.302. The third-order valence-corrected chi connectivity index (χ3v) is 7.32. The number of carbonyl (C=O) groups is 2. The first-order valence-electron chi connectivity index (χ1n) is 9.42. The van der Waals surface area contributed by atoms with Gasteiger partial charge in [0.25, 0.3) is 0 Å². The van der Waals surface area contributed by atoms with Crippen molar-refractivity contribution in [3.63, 3.8) is 0 Å². The second-order valence-corrected chi connectivity index (χ2v) is 9.60. The number of ketones is 1. The van der Waals surface area contributed by atoms with Gasteiger partial charge in [-0.2, -0.15) is 0 Å². The molecule has 0 N–H and O–H groups in total. The van der Waals surface area contributed by atoms with E-state index in [4.69, 9.17) is 4.74 Å². The van der Waals surface area contributed by atoms with Gasteiger partial charge in [0.1, 0.15) is 16.4 Å². The second-order valence-electron chi connectivity index (χ2n) is 8.23. The molecule has 0 radical (unpaired) electrons. The Morgan fingerprint density at radius 1 is 1.28 bits per heavy atom. The first-order chi connectivity index (χ1) is 11.9. The lowest BCUT2D eigenvalue weighted by Crippen LogP contribution is -2.42. The van der Waals surface area contributed by atoms with E-state index < -0.39 is 0 Å². The molecule has 0 heterocycles. The van der Waals surface area contributed by atoms with E-state index in [1.165, 1.54) is 11.1 Å². The van der Waals surface area contributed by atoms with Crippen molar-refractivity contribution in [2.45, 2.75) is 63.1 Å². The molecule has 0 aromatic heterocycles. The summed E-state index contributed by atoms with van der Waals surface area (Å²) in [6.07, 6.45) is 6.15. The van der Waals surface area contributed by atoms with Gasteiger partial charge in [-0.25, -0.2) is 0 Å². The fourth-order valence-corrected chi connectivity index (χ4v) is 5.68. The quantitative estimate of drug-likeness (QED) is 0.403. The molecule has 2 fully saturated rings. The Morgan fingerprint density at radius 3 is 2.84 bits per heavy atom. The number of fused-ring (bicyclic) bond motifs is 5. The highest BCUT2D eigenvalue weighted by Crippen LogP contribution is 2.59. The third-order valence-electron chi connectivity index (χ3n) is 6.95. The number of carbonyl (C=O) groups excluding carboxylic acids is 2. The average Bonchev–Trinajstić information content (AvgIpc) is 2.89. The van der Waals surface area contributed by atoms with Gasteiger partial charge in [-0.3, -0.25) is 9.59 Å². The SMILES string of the molecule is CC(Br)C(=O)Oc1ccc2c(c1)CC[C@@H]1[C@@H]2CC[C@]2(C)C(=O)CC[C@@H]12. The van der Waals surface area contributed by atoms with Crippen molar-refractivity contribution in [2.75, 3.05) is 0 Å². The number of alkyl halides is 1. The van der Waals surface area contributed by atoms with Crippen molar-refractivity contribution in [3.8, 4) is 5.75 Å². The van der Waals surface area contributed by atoms with E-state index in [0.717, 1.165) is 38.5 Å². The van der Waals surface area contributed by atoms with Crippen LogP contribution in [0.5, 0.6) is 5.75 Å². The Morgan fingerprint density at radius 2 is 2.08 bits per heavy atom. The molecule has 1 aromatic rings. The summed E-state index contributed by atoms with van der Waals surface area (Å²) in [7, 11) is 0. The molecule has 4 rings (SSSR count). The summed E-state index contributed by atoms with van der Waals surface area (Å²) in [6, 6.07) is 6.14. The van der Waals surface area contributed by atoms with Crippen LogP contribution in [-0.4, -0.2) is 16.6 Å². The molecule has 0 bridgehead atoms. The highest BCUT2D eigenvalue weighted by Gasteiger charge is 2.54. The summed E-state index contributed by atoms with van der Waals surface area (Å²) in [5, 5.41) is 0. The molecule has 4 heteroatoms. The molecule has 0 spiro atoms. The summed E-state index contributed by atoms with van der Waals surface area (Å²) < 4.78 is 5.45. The van der Waals surface area contributed by atoms with Crippen molar-refractivity contribution in [1.82, 2.24) is 0 Å². The van der Waals surface area contributed by atoms with Crippen LogP contribution in [0, 0.1) is 17.3 Å². The number of esters is 1. The monoisotopic (exact) mass is 404 g/mol. The lowest BCUT2D eigenvalue weighted by molar-refractivity contribution is -0.133. The van der Waals surface area contributed by atoms with Crippen LogP contribution in [-0.2, 0) is 16.0 Å². The number of Topliss-reactive ketones (excluding diaryl/α,β-unsaturated/α-hetero) is 1. The first kappa shape index (κ1) is 17.3. The van der Waals surface area contributed by atoms with E-state index in [1.54, 1.807) is 6.92 Å². The summed E-state index contributed by atoms with van der Waals surface area (Å²) >= 11 is 3.25. The van der Waals surface area contributed by atoms with Gasteiger partial charge < -0.3 is 4.74 Å². The summed E-state index contributed by atoms with van der Waals surface area (Å²) in [5.74, 6) is 2.63. The standard InChI is InChI=1S/C21H25BrO3/c1-12(22)20(24)25-14-4-6-15-13(11-14)3-5-17-16(15)9-10-21(2)18(17)7-8-19(21)23/h4,6,11-12,16-18H,3,5,7-10H2,1-2H3/t12?,16-,17-,18+,21+/m1/s1. The number of ether oxygens (including phenoxy) is 1. The summed E-state index contributed by atoms with van der Waals surface area (Å²) in [6.45, 7) is 3.98. The third kappa shape index (κ3) is 2.77. The van der Waals surface area contributed by atoms with Crippen molar-refractivity contribution < 1.29 is 14.3 Å². The fraction of sp³-hybridized carbons (Fsp3) is 0.619. The molecule has 0 aliphatic heterocycles. The van der Waals surface area contributed by atoms with Crippen molar-refractivity contribution in [3.05, 3.63) is 29.3 Å². The molecule has 25 heavy (non-hydrogen) atoms. The Balaban J connectivity index is 1.59. The minimum Gasteiger partial charge on any atom is -0.426 e. The Hall–Kier alpha value is -1.16. The van der Waals surface area contributed by atoms with Gasteiger partial charge in [-0.05, 0) is 80.0 Å². The number of benzene rings is 1. The zero-order chi connectivity index (χ0) is 17.8. The Kier molecular flexibility index (Phi) is 4.30. The Labute approximate surface area is 157 Å². The van der Waals surface area contributed by atoms with Crippen molar-refractivity contribution >= 4 is 27.7 Å². The number of hydrogen-bond donors (Lipinski definition) is 0. The van der Waals surface area contributed by atoms with Gasteiger partial charge in [0.05, 0.1) is 0 Å². The van der Waals surface area contributed by atoms with Gasteiger partial charge in [-0.1, -0.05) is 28.9 Å². The van der Waals surface area contributed by atoms with Crippen LogP contribution >= 0.6 is 15.9 Å². The number of aryl methyl sites for hydroxylation is 1. The first-order valence-corrected chi connectivity index (χ1v) is 10.3. The topological polar surface area (TPSA) is 43.4 Å². The molecular formula is C21H25BrO3. The van der Waals surface area contributed by atoms with Gasteiger partial charge in [0, 0.05) is 11.8 Å². The number of rotatable bonds is 2. The molecule has 0 saturated heterocycles. The van der Waals surface area contributed by atoms with Crippen LogP contribution in [0.25, 0.3) is 0 Å². The predicted molar refractivity (Wildman–Crippen MR) is 100 cm³/mol. The van der Waals surface area contributed by atoms with Gasteiger partial charge in [0.2, 0.25) is 0 Å². The van der Waals surface area contributed by atoms with E-state index in [0.29, 0.717) is 29.3 Å². The summed E-state index contributed by atoms with van der Waals surface area (Å²) in [5.41, 5.74) is 2.67. The zero-order valence-corrected chi connectivity index (χ0v) is 16.5. The molecular weight excluding hydrogens is 380 g/mol. The predicted octanol–water partition coefficient (Wildman–Crippen LogP) is 4.80. The van der Waals surface area contributed by atoms with E-state index in [9.17, 15) is 9.59 Å². The normalized spacial score (nSPS) is 34.7. The maximum absolute atomic E-state index is 12.4. The lowest BCUT2D eigenvalue weighted by atomic mass is 9.55.